The number of carbonyl (C=O) groups is 1. The standard InChI is InChI=1S/C34H32N4O.H2O/c1-23(27-13-7-8-14-28(27)24-11-5-4-6-12-24)35-26-19-17-25(18-20-26)33(39)38-22-21-30-32(37-34(2,3)36-30)29-15-9-10-16-31(29)38;/h4-20,35-37H,1,21-22H2,2-3H3;1H2. The van der Waals surface area contributed by atoms with Gasteiger partial charge in [-0.3, -0.25) is 4.79 Å². The number of hydrogen-bond donors (Lipinski definition) is 3. The minimum Gasteiger partial charge on any atom is -0.412 e. The van der Waals surface area contributed by atoms with E-state index in [0.717, 1.165) is 57.1 Å². The van der Waals surface area contributed by atoms with E-state index >= 15 is 0 Å². The Morgan fingerprint density at radius 3 is 2.23 bits per heavy atom. The number of nitrogens with one attached hydrogen (secondary N) is 3. The van der Waals surface area contributed by atoms with E-state index in [1.54, 1.807) is 0 Å². The number of carbonyl (C=O) groups excluding carboxylic acids is 1. The summed E-state index contributed by atoms with van der Waals surface area (Å²) in [5.74, 6) is -0.0114. The number of anilines is 2. The Morgan fingerprint density at radius 1 is 0.825 bits per heavy atom. The second-order valence-electron chi connectivity index (χ2n) is 10.5. The van der Waals surface area contributed by atoms with Crippen molar-refractivity contribution in [2.24, 2.45) is 0 Å². The first kappa shape index (κ1) is 26.8. The number of amides is 1. The molecule has 2 aliphatic rings. The highest BCUT2D eigenvalue weighted by atomic mass is 16.2. The number of hydrogen-bond acceptors (Lipinski definition) is 4. The molecule has 0 fully saturated rings. The molecule has 0 unspecified atom stereocenters. The van der Waals surface area contributed by atoms with Crippen molar-refractivity contribution >= 4 is 28.7 Å². The largest absolute Gasteiger partial charge is 0.412 e. The molecule has 0 spiro atoms. The van der Waals surface area contributed by atoms with Crippen LogP contribution in [0, 0.1) is 0 Å². The fourth-order valence-corrected chi connectivity index (χ4v) is 5.46. The zero-order valence-electron chi connectivity index (χ0n) is 22.8. The van der Waals surface area contributed by atoms with Crippen LogP contribution in [0.2, 0.25) is 0 Å². The average molecular weight is 531 g/mol. The maximum atomic E-state index is 13.7. The van der Waals surface area contributed by atoms with E-state index in [9.17, 15) is 4.79 Å². The van der Waals surface area contributed by atoms with Crippen LogP contribution in [0.15, 0.2) is 115 Å². The predicted molar refractivity (Wildman–Crippen MR) is 165 cm³/mol. The Balaban J connectivity index is 0.00000323. The number of fused-ring (bicyclic) bond motifs is 2. The summed E-state index contributed by atoms with van der Waals surface area (Å²) < 4.78 is 0. The van der Waals surface area contributed by atoms with E-state index in [0.29, 0.717) is 12.1 Å². The molecule has 0 aromatic heterocycles. The van der Waals surface area contributed by atoms with Crippen LogP contribution in [0.3, 0.4) is 0 Å². The van der Waals surface area contributed by atoms with Crippen molar-refractivity contribution in [2.75, 3.05) is 16.8 Å². The molecule has 40 heavy (non-hydrogen) atoms. The van der Waals surface area contributed by atoms with Gasteiger partial charge in [-0.25, -0.2) is 0 Å². The molecular weight excluding hydrogens is 496 g/mol. The highest BCUT2D eigenvalue weighted by Gasteiger charge is 2.34. The average Bonchev–Trinajstić information content (AvgIpc) is 3.20. The third kappa shape index (κ3) is 5.09. The third-order valence-corrected chi connectivity index (χ3v) is 7.26. The number of para-hydroxylation sites is 1. The molecule has 6 nitrogen and oxygen atoms in total. The van der Waals surface area contributed by atoms with Gasteiger partial charge in [-0.05, 0) is 55.3 Å². The Kier molecular flexibility index (Phi) is 7.20. The Hall–Kier alpha value is -4.81. The minimum absolute atomic E-state index is 0. The zero-order chi connectivity index (χ0) is 27.0. The second kappa shape index (κ2) is 10.8. The van der Waals surface area contributed by atoms with E-state index in [4.69, 9.17) is 0 Å². The molecular formula is C34H34N4O2. The van der Waals surface area contributed by atoms with Crippen LogP contribution >= 0.6 is 0 Å². The van der Waals surface area contributed by atoms with Gasteiger partial charge in [0.15, 0.2) is 0 Å². The highest BCUT2D eigenvalue weighted by molar-refractivity contribution is 6.08. The molecule has 2 aliphatic heterocycles. The molecule has 6 heteroatoms. The molecule has 4 aromatic rings. The lowest BCUT2D eigenvalue weighted by Crippen LogP contribution is -2.44. The Bertz CT molecular complexity index is 1590. The molecule has 1 amide bonds. The summed E-state index contributed by atoms with van der Waals surface area (Å²) in [4.78, 5) is 15.6. The molecule has 0 radical (unpaired) electrons. The second-order valence-corrected chi connectivity index (χ2v) is 10.5. The van der Waals surface area contributed by atoms with Gasteiger partial charge in [-0.15, -0.1) is 0 Å². The van der Waals surface area contributed by atoms with Crippen molar-refractivity contribution in [3.8, 4) is 11.1 Å². The molecule has 4 aromatic carbocycles. The molecule has 202 valence electrons. The van der Waals surface area contributed by atoms with Gasteiger partial charge in [-0.2, -0.15) is 0 Å². The van der Waals surface area contributed by atoms with Crippen LogP contribution < -0.4 is 20.9 Å². The van der Waals surface area contributed by atoms with E-state index in [1.165, 1.54) is 0 Å². The highest BCUT2D eigenvalue weighted by Crippen LogP contribution is 2.37. The van der Waals surface area contributed by atoms with Crippen LogP contribution in [0.5, 0.6) is 0 Å². The van der Waals surface area contributed by atoms with E-state index < -0.39 is 0 Å². The Labute approximate surface area is 235 Å². The van der Waals surface area contributed by atoms with Crippen LogP contribution in [0.4, 0.5) is 11.4 Å². The summed E-state index contributed by atoms with van der Waals surface area (Å²) in [7, 11) is 0. The first-order valence-electron chi connectivity index (χ1n) is 13.3. The van der Waals surface area contributed by atoms with Crippen LogP contribution in [-0.4, -0.2) is 23.6 Å². The van der Waals surface area contributed by atoms with Crippen molar-refractivity contribution in [2.45, 2.75) is 25.9 Å². The third-order valence-electron chi connectivity index (χ3n) is 7.26. The monoisotopic (exact) mass is 530 g/mol. The fourth-order valence-electron chi connectivity index (χ4n) is 5.46. The summed E-state index contributed by atoms with van der Waals surface area (Å²) >= 11 is 0. The van der Waals surface area contributed by atoms with Gasteiger partial charge in [0.2, 0.25) is 0 Å². The van der Waals surface area contributed by atoms with Crippen molar-refractivity contribution in [1.82, 2.24) is 10.6 Å². The maximum absolute atomic E-state index is 13.7. The van der Waals surface area contributed by atoms with E-state index in [1.807, 2.05) is 77.7 Å². The molecule has 0 atom stereocenters. The van der Waals surface area contributed by atoms with Crippen molar-refractivity contribution < 1.29 is 10.3 Å². The van der Waals surface area contributed by atoms with Gasteiger partial charge >= 0.3 is 0 Å². The fraction of sp³-hybridized carbons (Fsp3) is 0.147. The van der Waals surface area contributed by atoms with Gasteiger partial charge in [-0.1, -0.05) is 79.4 Å². The smallest absolute Gasteiger partial charge is 0.258 e. The van der Waals surface area contributed by atoms with E-state index in [-0.39, 0.29) is 17.0 Å². The molecule has 0 bridgehead atoms. The van der Waals surface area contributed by atoms with Crippen molar-refractivity contribution in [3.05, 3.63) is 132 Å². The minimum atomic E-state index is -0.210. The summed E-state index contributed by atoms with van der Waals surface area (Å²) in [6, 6.07) is 34.3. The maximum Gasteiger partial charge on any atom is 0.258 e. The summed E-state index contributed by atoms with van der Waals surface area (Å²) in [6.07, 6.45) is 0.756. The summed E-state index contributed by atoms with van der Waals surface area (Å²) in [5, 5.41) is 10.6. The molecule has 0 aliphatic carbocycles. The quantitative estimate of drug-likeness (QED) is 0.284. The normalized spacial score (nSPS) is 15.0. The molecule has 2 heterocycles. The van der Waals surface area contributed by atoms with Crippen LogP contribution in [0.25, 0.3) is 22.5 Å². The molecule has 0 saturated carbocycles. The topological polar surface area (TPSA) is 87.9 Å². The van der Waals surface area contributed by atoms with Gasteiger partial charge in [0, 0.05) is 46.7 Å². The van der Waals surface area contributed by atoms with Crippen molar-refractivity contribution in [1.29, 1.82) is 0 Å². The van der Waals surface area contributed by atoms with Gasteiger partial charge in [0.1, 0.15) is 5.66 Å². The summed E-state index contributed by atoms with van der Waals surface area (Å²) in [5.41, 5.74) is 9.62. The van der Waals surface area contributed by atoms with Gasteiger partial charge < -0.3 is 26.3 Å². The summed E-state index contributed by atoms with van der Waals surface area (Å²) in [6.45, 7) is 9.16. The molecule has 0 saturated heterocycles. The lowest BCUT2D eigenvalue weighted by Gasteiger charge is -2.27. The van der Waals surface area contributed by atoms with Crippen LogP contribution in [0.1, 0.15) is 41.8 Å². The van der Waals surface area contributed by atoms with E-state index in [2.05, 4.69) is 66.7 Å². The number of benzene rings is 4. The van der Waals surface area contributed by atoms with Crippen LogP contribution in [-0.2, 0) is 0 Å². The predicted octanol–water partition coefficient (Wildman–Crippen LogP) is 6.26. The zero-order valence-corrected chi connectivity index (χ0v) is 22.8. The SMILES string of the molecule is C=C(Nc1ccc(C(=O)N2CCC3=C(NC(C)(C)N3)c3ccccc32)cc1)c1ccccc1-c1ccccc1.O. The number of nitrogens with zero attached hydrogens (tertiary/aromatic N) is 1. The van der Waals surface area contributed by atoms with Crippen molar-refractivity contribution in [3.63, 3.8) is 0 Å². The van der Waals surface area contributed by atoms with Gasteiger partial charge in [0.25, 0.3) is 5.91 Å². The lowest BCUT2D eigenvalue weighted by atomic mass is 9.98. The first-order valence-corrected chi connectivity index (χ1v) is 13.3. The number of rotatable bonds is 5. The molecule has 5 N–H and O–H groups in total. The first-order chi connectivity index (χ1) is 18.9. The van der Waals surface area contributed by atoms with Gasteiger partial charge in [0.05, 0.1) is 11.4 Å². The lowest BCUT2D eigenvalue weighted by molar-refractivity contribution is 0.0987. The Morgan fingerprint density at radius 2 is 1.48 bits per heavy atom. The molecule has 6 rings (SSSR count).